The normalized spacial score (nSPS) is 43.7. The molecule has 54 valence electrons. The summed E-state index contributed by atoms with van der Waals surface area (Å²) in [5, 5.41) is 0. The largest absolute Gasteiger partial charge is 0.375 e. The molecule has 0 saturated carbocycles. The fraction of sp³-hybridized carbons (Fsp3) is 1.00. The summed E-state index contributed by atoms with van der Waals surface area (Å²) < 4.78 is 18.1. The molecule has 0 aliphatic carbocycles. The average molecular weight is 132 g/mol. The van der Waals surface area contributed by atoms with Gasteiger partial charge in [-0.3, -0.25) is 0 Å². The van der Waals surface area contributed by atoms with Crippen LogP contribution >= 0.6 is 0 Å². The quantitative estimate of drug-likeness (QED) is 0.529. The molecule has 0 spiro atoms. The zero-order valence-corrected chi connectivity index (χ0v) is 5.98. The van der Waals surface area contributed by atoms with Crippen LogP contribution in [0.5, 0.6) is 0 Å². The van der Waals surface area contributed by atoms with Crippen LogP contribution < -0.4 is 0 Å². The summed E-state index contributed by atoms with van der Waals surface area (Å²) in [4.78, 5) is 0. The summed E-state index contributed by atoms with van der Waals surface area (Å²) in [6.07, 6.45) is 1.67. The predicted molar refractivity (Wildman–Crippen MR) is 34.2 cm³/mol. The van der Waals surface area contributed by atoms with Crippen molar-refractivity contribution in [2.75, 3.05) is 6.61 Å². The highest BCUT2D eigenvalue weighted by atomic mass is 19.1. The second-order valence-electron chi connectivity index (χ2n) is 2.96. The molecule has 0 N–H and O–H groups in total. The Bertz CT molecular complexity index is 101. The van der Waals surface area contributed by atoms with Gasteiger partial charge in [-0.05, 0) is 13.3 Å². The van der Waals surface area contributed by atoms with Crippen LogP contribution in [-0.4, -0.2) is 18.4 Å². The van der Waals surface area contributed by atoms with Crippen molar-refractivity contribution in [2.24, 2.45) is 0 Å². The van der Waals surface area contributed by atoms with Gasteiger partial charge >= 0.3 is 0 Å². The highest BCUT2D eigenvalue weighted by molar-refractivity contribution is 4.83. The average Bonchev–Trinajstić information content (AvgIpc) is 2.10. The smallest absolute Gasteiger partial charge is 0.133 e. The molecule has 1 aliphatic heterocycles. The molecule has 1 saturated heterocycles. The van der Waals surface area contributed by atoms with Gasteiger partial charge in [0.05, 0.1) is 12.7 Å². The summed E-state index contributed by atoms with van der Waals surface area (Å²) in [5.41, 5.74) is -1.05. The summed E-state index contributed by atoms with van der Waals surface area (Å²) in [6.45, 7) is 3.90. The summed E-state index contributed by atoms with van der Waals surface area (Å²) in [6, 6.07) is 0. The molecule has 0 radical (unpaired) electrons. The minimum atomic E-state index is -1.05. The molecule has 0 aromatic rings. The van der Waals surface area contributed by atoms with E-state index in [-0.39, 0.29) is 12.7 Å². The van der Waals surface area contributed by atoms with Crippen molar-refractivity contribution >= 4 is 0 Å². The molecule has 1 fully saturated rings. The summed E-state index contributed by atoms with van der Waals surface area (Å²) in [5.74, 6) is 0. The van der Waals surface area contributed by atoms with E-state index in [4.69, 9.17) is 4.74 Å². The molecule has 1 nitrogen and oxygen atoms in total. The first-order chi connectivity index (χ1) is 4.14. The van der Waals surface area contributed by atoms with Crippen molar-refractivity contribution in [2.45, 2.75) is 38.5 Å². The Morgan fingerprint density at radius 3 is 2.67 bits per heavy atom. The lowest BCUT2D eigenvalue weighted by Crippen LogP contribution is -2.16. The van der Waals surface area contributed by atoms with Gasteiger partial charge in [-0.25, -0.2) is 4.39 Å². The Morgan fingerprint density at radius 1 is 1.78 bits per heavy atom. The number of hydrogen-bond acceptors (Lipinski definition) is 1. The van der Waals surface area contributed by atoms with Crippen molar-refractivity contribution in [3.63, 3.8) is 0 Å². The van der Waals surface area contributed by atoms with E-state index in [1.165, 1.54) is 0 Å². The van der Waals surface area contributed by atoms with Crippen molar-refractivity contribution < 1.29 is 9.13 Å². The van der Waals surface area contributed by atoms with Gasteiger partial charge in [0.15, 0.2) is 0 Å². The standard InChI is InChI=1S/C7H13FO/c1-3-6-4-7(2,8)5-9-6/h6H,3-5H2,1-2H3/t6-,7-/m1/s1. The van der Waals surface area contributed by atoms with Crippen molar-refractivity contribution in [1.82, 2.24) is 0 Å². The van der Waals surface area contributed by atoms with Gasteiger partial charge in [-0.15, -0.1) is 0 Å². The van der Waals surface area contributed by atoms with E-state index in [1.54, 1.807) is 6.92 Å². The first-order valence-electron chi connectivity index (χ1n) is 3.44. The van der Waals surface area contributed by atoms with E-state index in [0.29, 0.717) is 6.42 Å². The molecule has 2 atom stereocenters. The molecular weight excluding hydrogens is 119 g/mol. The lowest BCUT2D eigenvalue weighted by Gasteiger charge is -2.07. The third kappa shape index (κ3) is 1.65. The van der Waals surface area contributed by atoms with Crippen LogP contribution in [0, 0.1) is 0 Å². The van der Waals surface area contributed by atoms with Gasteiger partial charge in [0.1, 0.15) is 5.67 Å². The van der Waals surface area contributed by atoms with Crippen LogP contribution in [0.2, 0.25) is 0 Å². The highest BCUT2D eigenvalue weighted by Gasteiger charge is 2.34. The maximum absolute atomic E-state index is 12.9. The second kappa shape index (κ2) is 2.25. The number of alkyl halides is 1. The van der Waals surface area contributed by atoms with Crippen LogP contribution in [-0.2, 0) is 4.74 Å². The SMILES string of the molecule is CC[C@@H]1C[C@@](C)(F)CO1. The lowest BCUT2D eigenvalue weighted by molar-refractivity contribution is 0.0845. The van der Waals surface area contributed by atoms with E-state index in [1.807, 2.05) is 6.92 Å². The van der Waals surface area contributed by atoms with Gasteiger partial charge in [0.25, 0.3) is 0 Å². The molecule has 1 heterocycles. The van der Waals surface area contributed by atoms with Crippen LogP contribution in [0.4, 0.5) is 4.39 Å². The molecule has 0 aromatic heterocycles. The topological polar surface area (TPSA) is 9.23 Å². The third-order valence-corrected chi connectivity index (χ3v) is 1.73. The van der Waals surface area contributed by atoms with Crippen LogP contribution in [0.1, 0.15) is 26.7 Å². The maximum Gasteiger partial charge on any atom is 0.133 e. The summed E-state index contributed by atoms with van der Waals surface area (Å²) >= 11 is 0. The monoisotopic (exact) mass is 132 g/mol. The Balaban J connectivity index is 2.38. The van der Waals surface area contributed by atoms with Gasteiger partial charge < -0.3 is 4.74 Å². The molecule has 1 aliphatic rings. The van der Waals surface area contributed by atoms with E-state index >= 15 is 0 Å². The van der Waals surface area contributed by atoms with E-state index < -0.39 is 5.67 Å². The van der Waals surface area contributed by atoms with Gasteiger partial charge in [-0.2, -0.15) is 0 Å². The molecule has 2 heteroatoms. The van der Waals surface area contributed by atoms with Crippen molar-refractivity contribution in [3.05, 3.63) is 0 Å². The van der Waals surface area contributed by atoms with E-state index in [9.17, 15) is 4.39 Å². The predicted octanol–water partition coefficient (Wildman–Crippen LogP) is 1.91. The summed E-state index contributed by atoms with van der Waals surface area (Å²) in [7, 11) is 0. The minimum Gasteiger partial charge on any atom is -0.375 e. The van der Waals surface area contributed by atoms with Crippen molar-refractivity contribution in [1.29, 1.82) is 0 Å². The lowest BCUT2D eigenvalue weighted by atomic mass is 10.0. The molecular formula is C7H13FO. The van der Waals surface area contributed by atoms with Gasteiger partial charge in [0.2, 0.25) is 0 Å². The van der Waals surface area contributed by atoms with E-state index in [2.05, 4.69) is 0 Å². The highest BCUT2D eigenvalue weighted by Crippen LogP contribution is 2.28. The zero-order chi connectivity index (χ0) is 6.91. The van der Waals surface area contributed by atoms with Crippen LogP contribution in [0.25, 0.3) is 0 Å². The first-order valence-corrected chi connectivity index (χ1v) is 3.44. The van der Waals surface area contributed by atoms with Crippen LogP contribution in [0.3, 0.4) is 0 Å². The number of hydrogen-bond donors (Lipinski definition) is 0. The minimum absolute atomic E-state index is 0.167. The Morgan fingerprint density at radius 2 is 2.44 bits per heavy atom. The Kier molecular flexibility index (Phi) is 1.75. The third-order valence-electron chi connectivity index (χ3n) is 1.73. The molecule has 1 rings (SSSR count). The Hall–Kier alpha value is -0.110. The van der Waals surface area contributed by atoms with Gasteiger partial charge in [0, 0.05) is 6.42 Å². The maximum atomic E-state index is 12.9. The fourth-order valence-corrected chi connectivity index (χ4v) is 1.15. The Labute approximate surface area is 55.2 Å². The molecule has 9 heavy (non-hydrogen) atoms. The molecule has 0 bridgehead atoms. The second-order valence-corrected chi connectivity index (χ2v) is 2.96. The van der Waals surface area contributed by atoms with Crippen molar-refractivity contribution in [3.8, 4) is 0 Å². The molecule has 0 aromatic carbocycles. The number of ether oxygens (including phenoxy) is 1. The first kappa shape index (κ1) is 7.00. The van der Waals surface area contributed by atoms with Crippen LogP contribution in [0.15, 0.2) is 0 Å². The number of halogens is 1. The molecule has 0 amide bonds. The fourth-order valence-electron chi connectivity index (χ4n) is 1.15. The van der Waals surface area contributed by atoms with E-state index in [0.717, 1.165) is 6.42 Å². The molecule has 0 unspecified atom stereocenters. The zero-order valence-electron chi connectivity index (χ0n) is 5.98. The number of rotatable bonds is 1. The van der Waals surface area contributed by atoms with Gasteiger partial charge in [-0.1, -0.05) is 6.92 Å².